The lowest BCUT2D eigenvalue weighted by Crippen LogP contribution is -2.44. The van der Waals surface area contributed by atoms with Crippen LogP contribution in [0, 0.1) is 5.92 Å². The number of para-hydroxylation sites is 1. The fourth-order valence-corrected chi connectivity index (χ4v) is 5.25. The van der Waals surface area contributed by atoms with Crippen LogP contribution in [-0.4, -0.2) is 50.2 Å². The Bertz CT molecular complexity index is 846. The Morgan fingerprint density at radius 2 is 1.69 bits per heavy atom. The van der Waals surface area contributed by atoms with Crippen LogP contribution in [0.3, 0.4) is 0 Å². The van der Waals surface area contributed by atoms with Crippen molar-refractivity contribution in [2.45, 2.75) is 51.4 Å². The van der Waals surface area contributed by atoms with Crippen LogP contribution in [0.1, 0.15) is 62.5 Å². The third-order valence-corrected chi connectivity index (χ3v) is 7.07. The summed E-state index contributed by atoms with van der Waals surface area (Å²) in [5, 5.41) is 0. The first-order chi connectivity index (χ1) is 15.8. The number of anilines is 1. The minimum absolute atomic E-state index is 0.246. The summed E-state index contributed by atoms with van der Waals surface area (Å²) in [5.41, 5.74) is 3.74. The second kappa shape index (κ2) is 11.6. The Kier molecular flexibility index (Phi) is 8.36. The summed E-state index contributed by atoms with van der Waals surface area (Å²) in [6, 6.07) is 19.3. The lowest BCUT2D eigenvalue weighted by atomic mass is 9.87. The van der Waals surface area contributed by atoms with E-state index in [0.29, 0.717) is 12.5 Å². The van der Waals surface area contributed by atoms with E-state index in [1.54, 1.807) is 0 Å². The van der Waals surface area contributed by atoms with E-state index in [1.807, 2.05) is 0 Å². The molecule has 0 bridgehead atoms. The van der Waals surface area contributed by atoms with Crippen LogP contribution in [0.5, 0.6) is 0 Å². The van der Waals surface area contributed by atoms with Gasteiger partial charge in [-0.05, 0) is 74.7 Å². The summed E-state index contributed by atoms with van der Waals surface area (Å²) in [4.78, 5) is 17.8. The summed E-state index contributed by atoms with van der Waals surface area (Å²) < 4.78 is 5.67. The zero-order chi connectivity index (χ0) is 22.2. The molecule has 4 nitrogen and oxygen atoms in total. The number of hydrogen-bond acceptors (Lipinski definition) is 3. The average Bonchev–Trinajstić information content (AvgIpc) is 3.03. The molecule has 0 radical (unpaired) electrons. The standard InChI is InChI=1S/C28H38N2O2/c1-2-20-32-21-16-23-14-18-29(19-15-23)22-28(31)30-17-8-12-25(24-9-4-3-5-10-24)26-11-6-7-13-27(26)30/h3-7,9-11,13,23,25H,2,8,12,14-22H2,1H3. The molecule has 0 saturated carbocycles. The number of carbonyl (C=O) groups excluding carboxylic acids is 1. The van der Waals surface area contributed by atoms with Gasteiger partial charge in [-0.25, -0.2) is 0 Å². The van der Waals surface area contributed by atoms with Crippen LogP contribution in [-0.2, 0) is 9.53 Å². The van der Waals surface area contributed by atoms with Gasteiger partial charge in [-0.1, -0.05) is 55.5 Å². The second-order valence-corrected chi connectivity index (χ2v) is 9.33. The first kappa shape index (κ1) is 23.0. The first-order valence-electron chi connectivity index (χ1n) is 12.5. The molecule has 1 amide bonds. The highest BCUT2D eigenvalue weighted by Crippen LogP contribution is 2.38. The molecule has 0 aliphatic carbocycles. The zero-order valence-corrected chi connectivity index (χ0v) is 19.5. The van der Waals surface area contributed by atoms with Gasteiger partial charge in [0.15, 0.2) is 0 Å². The molecule has 1 unspecified atom stereocenters. The lowest BCUT2D eigenvalue weighted by molar-refractivity contribution is -0.120. The van der Waals surface area contributed by atoms with Crippen molar-refractivity contribution in [1.82, 2.24) is 4.90 Å². The molecule has 1 atom stereocenters. The monoisotopic (exact) mass is 434 g/mol. The van der Waals surface area contributed by atoms with Gasteiger partial charge in [-0.3, -0.25) is 9.69 Å². The maximum absolute atomic E-state index is 13.4. The number of ether oxygens (including phenoxy) is 1. The Morgan fingerprint density at radius 1 is 0.938 bits per heavy atom. The molecule has 2 aromatic rings. The topological polar surface area (TPSA) is 32.8 Å². The second-order valence-electron chi connectivity index (χ2n) is 9.33. The Labute approximate surface area is 193 Å². The van der Waals surface area contributed by atoms with E-state index in [1.165, 1.54) is 24.0 Å². The highest BCUT2D eigenvalue weighted by atomic mass is 16.5. The first-order valence-corrected chi connectivity index (χ1v) is 12.5. The minimum atomic E-state index is 0.246. The zero-order valence-electron chi connectivity index (χ0n) is 19.5. The number of likely N-dealkylation sites (tertiary alicyclic amines) is 1. The van der Waals surface area contributed by atoms with Gasteiger partial charge in [0, 0.05) is 31.4 Å². The SMILES string of the molecule is CCCOCCC1CCN(CC(=O)N2CCCC(c3ccccc3)c3ccccc32)CC1. The van der Waals surface area contributed by atoms with E-state index < -0.39 is 0 Å². The van der Waals surface area contributed by atoms with Gasteiger partial charge in [0.2, 0.25) is 5.91 Å². The summed E-state index contributed by atoms with van der Waals surface area (Å²) in [7, 11) is 0. The van der Waals surface area contributed by atoms with Crippen LogP contribution in [0.15, 0.2) is 54.6 Å². The van der Waals surface area contributed by atoms with Crippen molar-refractivity contribution in [1.29, 1.82) is 0 Å². The van der Waals surface area contributed by atoms with E-state index in [4.69, 9.17) is 4.74 Å². The minimum Gasteiger partial charge on any atom is -0.381 e. The molecule has 2 aromatic carbocycles. The quantitative estimate of drug-likeness (QED) is 0.516. The molecule has 0 spiro atoms. The average molecular weight is 435 g/mol. The van der Waals surface area contributed by atoms with Crippen molar-refractivity contribution in [2.24, 2.45) is 5.92 Å². The Hall–Kier alpha value is -2.17. The molecule has 0 N–H and O–H groups in total. The van der Waals surface area contributed by atoms with Gasteiger partial charge in [-0.15, -0.1) is 0 Å². The number of nitrogens with zero attached hydrogens (tertiary/aromatic N) is 2. The Morgan fingerprint density at radius 3 is 2.47 bits per heavy atom. The number of hydrogen-bond donors (Lipinski definition) is 0. The molecule has 2 aliphatic rings. The molecule has 0 aromatic heterocycles. The maximum Gasteiger partial charge on any atom is 0.241 e. The number of rotatable bonds is 8. The molecule has 1 saturated heterocycles. The van der Waals surface area contributed by atoms with Gasteiger partial charge in [0.25, 0.3) is 0 Å². The molecule has 172 valence electrons. The third-order valence-electron chi connectivity index (χ3n) is 7.07. The van der Waals surface area contributed by atoms with Crippen LogP contribution in [0.25, 0.3) is 0 Å². The predicted molar refractivity (Wildman–Crippen MR) is 131 cm³/mol. The van der Waals surface area contributed by atoms with E-state index in [0.717, 1.165) is 70.1 Å². The largest absolute Gasteiger partial charge is 0.381 e. The number of amides is 1. The molecule has 2 aliphatic heterocycles. The van der Waals surface area contributed by atoms with Crippen LogP contribution >= 0.6 is 0 Å². The summed E-state index contributed by atoms with van der Waals surface area (Å²) in [6.07, 6.45) is 6.70. The van der Waals surface area contributed by atoms with Crippen molar-refractivity contribution in [3.8, 4) is 0 Å². The molecule has 32 heavy (non-hydrogen) atoms. The summed E-state index contributed by atoms with van der Waals surface area (Å²) >= 11 is 0. The maximum atomic E-state index is 13.4. The normalized spacial score (nSPS) is 20.0. The van der Waals surface area contributed by atoms with Gasteiger partial charge >= 0.3 is 0 Å². The van der Waals surface area contributed by atoms with Crippen LogP contribution in [0.2, 0.25) is 0 Å². The number of benzene rings is 2. The van der Waals surface area contributed by atoms with Crippen molar-refractivity contribution in [3.05, 3.63) is 65.7 Å². The van der Waals surface area contributed by atoms with Crippen molar-refractivity contribution in [2.75, 3.05) is 44.3 Å². The fraction of sp³-hybridized carbons (Fsp3) is 0.536. The highest BCUT2D eigenvalue weighted by Gasteiger charge is 2.29. The highest BCUT2D eigenvalue weighted by molar-refractivity contribution is 5.96. The van der Waals surface area contributed by atoms with Crippen LogP contribution in [0.4, 0.5) is 5.69 Å². The van der Waals surface area contributed by atoms with Gasteiger partial charge in [-0.2, -0.15) is 0 Å². The molecular formula is C28H38N2O2. The van der Waals surface area contributed by atoms with Crippen molar-refractivity contribution >= 4 is 11.6 Å². The number of piperidine rings is 1. The van der Waals surface area contributed by atoms with E-state index in [9.17, 15) is 4.79 Å². The Balaban J connectivity index is 1.37. The summed E-state index contributed by atoms with van der Waals surface area (Å²) in [6.45, 7) is 7.28. The molecular weight excluding hydrogens is 396 g/mol. The molecule has 4 rings (SSSR count). The summed E-state index contributed by atoms with van der Waals surface area (Å²) in [5.74, 6) is 1.34. The van der Waals surface area contributed by atoms with E-state index in [2.05, 4.69) is 71.3 Å². The molecule has 1 fully saturated rings. The lowest BCUT2D eigenvalue weighted by Gasteiger charge is -2.33. The van der Waals surface area contributed by atoms with E-state index in [-0.39, 0.29) is 5.91 Å². The van der Waals surface area contributed by atoms with Crippen molar-refractivity contribution in [3.63, 3.8) is 0 Å². The van der Waals surface area contributed by atoms with E-state index >= 15 is 0 Å². The van der Waals surface area contributed by atoms with Crippen molar-refractivity contribution < 1.29 is 9.53 Å². The fourth-order valence-electron chi connectivity index (χ4n) is 5.25. The van der Waals surface area contributed by atoms with Gasteiger partial charge in [0.05, 0.1) is 6.54 Å². The van der Waals surface area contributed by atoms with Gasteiger partial charge < -0.3 is 9.64 Å². The smallest absolute Gasteiger partial charge is 0.241 e. The molecule has 2 heterocycles. The number of fused-ring (bicyclic) bond motifs is 1. The molecule has 4 heteroatoms. The van der Waals surface area contributed by atoms with Gasteiger partial charge in [0.1, 0.15) is 0 Å². The van der Waals surface area contributed by atoms with Crippen LogP contribution < -0.4 is 4.90 Å². The third kappa shape index (κ3) is 5.79. The number of carbonyl (C=O) groups is 1. The predicted octanol–water partition coefficient (Wildman–Crippen LogP) is 5.47.